The Morgan fingerprint density at radius 3 is 2.77 bits per heavy atom. The zero-order valence-electron chi connectivity index (χ0n) is 16.8. The van der Waals surface area contributed by atoms with Crippen molar-refractivity contribution >= 4 is 11.6 Å². The number of aromatic nitrogens is 4. The van der Waals surface area contributed by atoms with Gasteiger partial charge in [0.15, 0.2) is 11.5 Å². The Kier molecular flexibility index (Phi) is 5.05. The molecule has 0 atom stereocenters. The van der Waals surface area contributed by atoms with E-state index in [0.717, 1.165) is 11.3 Å². The number of rotatable bonds is 6. The van der Waals surface area contributed by atoms with E-state index in [4.69, 9.17) is 30.0 Å². The minimum absolute atomic E-state index is 0.175. The third kappa shape index (κ3) is 3.97. The average molecular weight is 440 g/mol. The summed E-state index contributed by atoms with van der Waals surface area (Å²) in [5.41, 5.74) is 2.25. The van der Waals surface area contributed by atoms with Crippen LogP contribution in [0, 0.1) is 6.92 Å². The lowest BCUT2D eigenvalue weighted by atomic mass is 10.2. The molecule has 0 spiro atoms. The number of ether oxygens (including phenoxy) is 2. The largest absolute Gasteiger partial charge is 0.454 e. The number of benzene rings is 1. The second-order valence-corrected chi connectivity index (χ2v) is 7.54. The van der Waals surface area contributed by atoms with Crippen molar-refractivity contribution in [1.82, 2.24) is 25.0 Å². The van der Waals surface area contributed by atoms with Crippen LogP contribution in [0.3, 0.4) is 0 Å². The van der Waals surface area contributed by atoms with E-state index >= 15 is 0 Å². The standard InChI is InChI=1S/C21H18ClN5O4/c1-12-16(24-21(30-12)14-6-17-18(7-15(14)22)29-11-28-17)9-27(2)10-19-25-20(26-31-19)13-4-3-5-23-8-13/h3-8H,9-11H2,1-2H3. The van der Waals surface area contributed by atoms with Crippen LogP contribution < -0.4 is 9.47 Å². The molecule has 1 aliphatic heterocycles. The number of halogens is 1. The molecule has 1 aliphatic rings. The first-order valence-corrected chi connectivity index (χ1v) is 9.92. The Balaban J connectivity index is 1.30. The Hall–Kier alpha value is -3.43. The maximum Gasteiger partial charge on any atom is 0.241 e. The molecule has 0 unspecified atom stereocenters. The number of nitrogens with zero attached hydrogens (tertiary/aromatic N) is 5. The van der Waals surface area contributed by atoms with E-state index in [1.807, 2.05) is 31.0 Å². The summed E-state index contributed by atoms with van der Waals surface area (Å²) in [5.74, 6) is 3.38. The molecule has 0 saturated heterocycles. The normalized spacial score (nSPS) is 12.6. The van der Waals surface area contributed by atoms with Crippen molar-refractivity contribution in [2.45, 2.75) is 20.0 Å². The molecule has 0 fully saturated rings. The van der Waals surface area contributed by atoms with Crippen LogP contribution >= 0.6 is 11.6 Å². The van der Waals surface area contributed by atoms with E-state index in [2.05, 4.69) is 20.1 Å². The van der Waals surface area contributed by atoms with Gasteiger partial charge in [0, 0.05) is 30.6 Å². The molecule has 4 heterocycles. The highest BCUT2D eigenvalue weighted by Crippen LogP contribution is 2.41. The lowest BCUT2D eigenvalue weighted by Gasteiger charge is -2.12. The summed E-state index contributed by atoms with van der Waals surface area (Å²) in [4.78, 5) is 15.2. The van der Waals surface area contributed by atoms with Gasteiger partial charge in [-0.2, -0.15) is 4.98 Å². The molecule has 0 saturated carbocycles. The van der Waals surface area contributed by atoms with Gasteiger partial charge < -0.3 is 18.4 Å². The number of aryl methyl sites for hydroxylation is 1. The number of oxazole rings is 1. The molecular weight excluding hydrogens is 422 g/mol. The SMILES string of the molecule is Cc1oc(-c2cc3c(cc2Cl)OCO3)nc1CN(C)Cc1nc(-c2cccnc2)no1. The fourth-order valence-electron chi connectivity index (χ4n) is 3.24. The second-order valence-electron chi connectivity index (χ2n) is 7.13. The smallest absolute Gasteiger partial charge is 0.241 e. The predicted octanol–water partition coefficient (Wildman–Crippen LogP) is 4.11. The Labute approximate surface area is 182 Å². The zero-order chi connectivity index (χ0) is 21.4. The van der Waals surface area contributed by atoms with Crippen LogP contribution in [-0.2, 0) is 13.1 Å². The van der Waals surface area contributed by atoms with Gasteiger partial charge in [-0.1, -0.05) is 16.8 Å². The maximum absolute atomic E-state index is 6.39. The molecule has 5 rings (SSSR count). The average Bonchev–Trinajstić information content (AvgIpc) is 3.49. The van der Waals surface area contributed by atoms with Crippen LogP contribution in [0.5, 0.6) is 11.5 Å². The van der Waals surface area contributed by atoms with Crippen molar-refractivity contribution in [2.24, 2.45) is 0 Å². The van der Waals surface area contributed by atoms with Crippen LogP contribution in [0.2, 0.25) is 5.02 Å². The van der Waals surface area contributed by atoms with Crippen molar-refractivity contribution in [3.63, 3.8) is 0 Å². The van der Waals surface area contributed by atoms with Crippen molar-refractivity contribution in [2.75, 3.05) is 13.8 Å². The van der Waals surface area contributed by atoms with Gasteiger partial charge in [-0.25, -0.2) is 4.98 Å². The van der Waals surface area contributed by atoms with E-state index in [1.54, 1.807) is 24.5 Å². The summed E-state index contributed by atoms with van der Waals surface area (Å²) < 4.78 is 22.0. The van der Waals surface area contributed by atoms with Crippen molar-refractivity contribution in [3.05, 3.63) is 59.0 Å². The van der Waals surface area contributed by atoms with Crippen LogP contribution in [0.4, 0.5) is 0 Å². The van der Waals surface area contributed by atoms with Gasteiger partial charge in [-0.15, -0.1) is 0 Å². The van der Waals surface area contributed by atoms with E-state index < -0.39 is 0 Å². The fourth-order valence-corrected chi connectivity index (χ4v) is 3.48. The fraction of sp³-hybridized carbons (Fsp3) is 0.238. The minimum Gasteiger partial charge on any atom is -0.454 e. The molecule has 0 radical (unpaired) electrons. The van der Waals surface area contributed by atoms with Crippen LogP contribution in [0.25, 0.3) is 22.8 Å². The molecule has 10 heteroatoms. The molecule has 0 bridgehead atoms. The third-order valence-corrected chi connectivity index (χ3v) is 5.11. The molecule has 0 N–H and O–H groups in total. The number of hydrogen-bond acceptors (Lipinski definition) is 9. The van der Waals surface area contributed by atoms with Gasteiger partial charge in [0.2, 0.25) is 24.4 Å². The number of pyridine rings is 1. The molecule has 158 valence electrons. The highest BCUT2D eigenvalue weighted by Gasteiger charge is 2.22. The van der Waals surface area contributed by atoms with Gasteiger partial charge in [0.05, 0.1) is 22.8 Å². The Morgan fingerprint density at radius 1 is 1.13 bits per heavy atom. The molecular formula is C21H18ClN5O4. The first-order valence-electron chi connectivity index (χ1n) is 9.54. The minimum atomic E-state index is 0.175. The quantitative estimate of drug-likeness (QED) is 0.439. The second kappa shape index (κ2) is 8.01. The summed E-state index contributed by atoms with van der Waals surface area (Å²) in [7, 11) is 1.94. The maximum atomic E-state index is 6.39. The first-order chi connectivity index (χ1) is 15.1. The van der Waals surface area contributed by atoms with Crippen LogP contribution in [-0.4, -0.2) is 38.8 Å². The third-order valence-electron chi connectivity index (χ3n) is 4.80. The number of hydrogen-bond donors (Lipinski definition) is 0. The topological polar surface area (TPSA) is 99.5 Å². The van der Waals surface area contributed by atoms with E-state index in [9.17, 15) is 0 Å². The van der Waals surface area contributed by atoms with Crippen molar-refractivity contribution in [1.29, 1.82) is 0 Å². The van der Waals surface area contributed by atoms with Crippen molar-refractivity contribution < 1.29 is 18.4 Å². The molecule has 0 aliphatic carbocycles. The monoisotopic (exact) mass is 439 g/mol. The number of fused-ring (bicyclic) bond motifs is 1. The van der Waals surface area contributed by atoms with Crippen LogP contribution in [0.1, 0.15) is 17.3 Å². The van der Waals surface area contributed by atoms with E-state index in [-0.39, 0.29) is 6.79 Å². The van der Waals surface area contributed by atoms with Gasteiger partial charge in [0.25, 0.3) is 0 Å². The highest BCUT2D eigenvalue weighted by atomic mass is 35.5. The van der Waals surface area contributed by atoms with Crippen LogP contribution in [0.15, 0.2) is 45.6 Å². The summed E-state index contributed by atoms with van der Waals surface area (Å²) in [6.45, 7) is 3.03. The van der Waals surface area contributed by atoms with Gasteiger partial charge in [-0.05, 0) is 32.2 Å². The van der Waals surface area contributed by atoms with E-state index in [1.165, 1.54) is 0 Å². The molecule has 9 nitrogen and oxygen atoms in total. The summed E-state index contributed by atoms with van der Waals surface area (Å²) in [6, 6.07) is 7.20. The lowest BCUT2D eigenvalue weighted by molar-refractivity contribution is 0.174. The molecule has 3 aromatic heterocycles. The summed E-state index contributed by atoms with van der Waals surface area (Å²) in [6.07, 6.45) is 3.39. The van der Waals surface area contributed by atoms with Crippen molar-refractivity contribution in [3.8, 4) is 34.3 Å². The Morgan fingerprint density at radius 2 is 1.97 bits per heavy atom. The predicted molar refractivity (Wildman–Crippen MR) is 111 cm³/mol. The van der Waals surface area contributed by atoms with Gasteiger partial charge in [-0.3, -0.25) is 9.88 Å². The molecule has 31 heavy (non-hydrogen) atoms. The zero-order valence-corrected chi connectivity index (χ0v) is 17.6. The molecule has 1 aromatic carbocycles. The first kappa shape index (κ1) is 19.5. The van der Waals surface area contributed by atoms with Gasteiger partial charge >= 0.3 is 0 Å². The molecule has 0 amide bonds. The lowest BCUT2D eigenvalue weighted by Crippen LogP contribution is -2.18. The summed E-state index contributed by atoms with van der Waals surface area (Å²) in [5, 5.41) is 4.51. The highest BCUT2D eigenvalue weighted by molar-refractivity contribution is 6.33. The van der Waals surface area contributed by atoms with E-state index in [0.29, 0.717) is 58.5 Å². The molecule has 4 aromatic rings. The summed E-state index contributed by atoms with van der Waals surface area (Å²) >= 11 is 6.39. The van der Waals surface area contributed by atoms with Gasteiger partial charge in [0.1, 0.15) is 5.76 Å². The Bertz CT molecular complexity index is 1220.